The Bertz CT molecular complexity index is 831. The summed E-state index contributed by atoms with van der Waals surface area (Å²) in [4.78, 5) is 0. The van der Waals surface area contributed by atoms with Crippen LogP contribution < -0.4 is 5.32 Å². The number of para-hydroxylation sites is 1. The van der Waals surface area contributed by atoms with E-state index in [0.29, 0.717) is 6.54 Å². The van der Waals surface area contributed by atoms with Crippen LogP contribution in [0.3, 0.4) is 0 Å². The topological polar surface area (TPSA) is 47.7 Å². The van der Waals surface area contributed by atoms with Gasteiger partial charge in [-0.2, -0.15) is 23.4 Å². The van der Waals surface area contributed by atoms with E-state index >= 15 is 0 Å². The number of aromatic nitrogens is 4. The lowest BCUT2D eigenvalue weighted by molar-refractivity contribution is -0.138. The van der Waals surface area contributed by atoms with Crippen LogP contribution in [0.15, 0.2) is 30.5 Å². The van der Waals surface area contributed by atoms with Gasteiger partial charge in [0.1, 0.15) is 0 Å². The van der Waals surface area contributed by atoms with Crippen LogP contribution in [0.1, 0.15) is 17.0 Å². The summed E-state index contributed by atoms with van der Waals surface area (Å²) in [5, 5.41) is 12.1. The van der Waals surface area contributed by atoms with Crippen molar-refractivity contribution in [2.24, 2.45) is 14.1 Å². The summed E-state index contributed by atoms with van der Waals surface area (Å²) in [6.07, 6.45) is -3.55. The van der Waals surface area contributed by atoms with E-state index in [2.05, 4.69) is 15.5 Å². The number of benzene rings is 1. The number of aryl methyl sites for hydroxylation is 2. The number of alkyl halides is 3. The molecule has 0 fully saturated rings. The van der Waals surface area contributed by atoms with Crippen LogP contribution in [-0.2, 0) is 33.4 Å². The molecular formula is C15H16F3N5. The third-order valence-electron chi connectivity index (χ3n) is 3.79. The Morgan fingerprint density at radius 3 is 2.57 bits per heavy atom. The minimum Gasteiger partial charge on any atom is -0.305 e. The lowest BCUT2D eigenvalue weighted by atomic mass is 10.2. The fourth-order valence-corrected chi connectivity index (χ4v) is 2.63. The van der Waals surface area contributed by atoms with Crippen LogP contribution in [0.25, 0.3) is 10.9 Å². The molecule has 8 heteroatoms. The molecule has 0 bridgehead atoms. The average Bonchev–Trinajstić information content (AvgIpc) is 3.01. The van der Waals surface area contributed by atoms with Crippen LogP contribution in [0, 0.1) is 0 Å². The van der Waals surface area contributed by atoms with Gasteiger partial charge in [-0.3, -0.25) is 9.36 Å². The smallest absolute Gasteiger partial charge is 0.305 e. The molecule has 2 heterocycles. The monoisotopic (exact) mass is 323 g/mol. The lowest BCUT2D eigenvalue weighted by Crippen LogP contribution is -2.19. The Balaban J connectivity index is 1.76. The fourth-order valence-electron chi connectivity index (χ4n) is 2.63. The predicted molar refractivity (Wildman–Crippen MR) is 79.5 cm³/mol. The van der Waals surface area contributed by atoms with Crippen molar-refractivity contribution in [1.29, 1.82) is 0 Å². The van der Waals surface area contributed by atoms with Gasteiger partial charge in [0.2, 0.25) is 0 Å². The summed E-state index contributed by atoms with van der Waals surface area (Å²) in [6, 6.07) is 7.74. The van der Waals surface area contributed by atoms with E-state index in [-0.39, 0.29) is 12.2 Å². The molecule has 0 radical (unpaired) electrons. The number of halogens is 3. The Kier molecular flexibility index (Phi) is 3.85. The van der Waals surface area contributed by atoms with Crippen LogP contribution in [0.2, 0.25) is 0 Å². The van der Waals surface area contributed by atoms with Gasteiger partial charge in [0, 0.05) is 32.6 Å². The van der Waals surface area contributed by atoms with E-state index in [0.717, 1.165) is 22.8 Å². The van der Waals surface area contributed by atoms with Crippen LogP contribution >= 0.6 is 0 Å². The van der Waals surface area contributed by atoms with E-state index in [4.69, 9.17) is 0 Å². The summed E-state index contributed by atoms with van der Waals surface area (Å²) in [7, 11) is 3.34. The maximum absolute atomic E-state index is 12.9. The number of nitrogens with zero attached hydrogens (tertiary/aromatic N) is 4. The van der Waals surface area contributed by atoms with Gasteiger partial charge in [-0.1, -0.05) is 18.2 Å². The van der Waals surface area contributed by atoms with Gasteiger partial charge in [-0.25, -0.2) is 0 Å². The molecule has 0 aliphatic carbocycles. The van der Waals surface area contributed by atoms with E-state index in [9.17, 15) is 13.2 Å². The first-order valence-corrected chi connectivity index (χ1v) is 7.07. The highest BCUT2D eigenvalue weighted by Crippen LogP contribution is 2.31. The van der Waals surface area contributed by atoms with Crippen molar-refractivity contribution in [3.63, 3.8) is 0 Å². The van der Waals surface area contributed by atoms with E-state index in [1.807, 2.05) is 31.3 Å². The zero-order valence-corrected chi connectivity index (χ0v) is 12.7. The molecule has 0 spiro atoms. The highest BCUT2D eigenvalue weighted by molar-refractivity contribution is 5.81. The Morgan fingerprint density at radius 1 is 1.09 bits per heavy atom. The minimum absolute atomic E-state index is 0.0657. The maximum atomic E-state index is 12.9. The lowest BCUT2D eigenvalue weighted by Gasteiger charge is -2.09. The average molecular weight is 323 g/mol. The SMILES string of the molecule is Cn1ncc(C(F)(F)F)c1CNCc1nn(C)c2ccccc12. The highest BCUT2D eigenvalue weighted by Gasteiger charge is 2.35. The zero-order chi connectivity index (χ0) is 16.6. The third-order valence-corrected chi connectivity index (χ3v) is 3.79. The molecule has 5 nitrogen and oxygen atoms in total. The molecule has 2 aromatic heterocycles. The van der Waals surface area contributed by atoms with Gasteiger partial charge in [0.05, 0.1) is 28.7 Å². The summed E-state index contributed by atoms with van der Waals surface area (Å²) in [5.41, 5.74) is 1.19. The Hall–Kier alpha value is -2.35. The second kappa shape index (κ2) is 5.69. The van der Waals surface area contributed by atoms with Gasteiger partial charge in [-0.15, -0.1) is 0 Å². The molecule has 0 saturated heterocycles. The first-order chi connectivity index (χ1) is 10.9. The molecule has 122 valence electrons. The number of hydrogen-bond donors (Lipinski definition) is 1. The van der Waals surface area contributed by atoms with E-state index in [1.54, 1.807) is 4.68 Å². The van der Waals surface area contributed by atoms with E-state index < -0.39 is 11.7 Å². The molecule has 0 atom stereocenters. The number of fused-ring (bicyclic) bond motifs is 1. The molecule has 0 aliphatic rings. The van der Waals surface area contributed by atoms with E-state index in [1.165, 1.54) is 11.7 Å². The van der Waals surface area contributed by atoms with Gasteiger partial charge >= 0.3 is 6.18 Å². The summed E-state index contributed by atoms with van der Waals surface area (Å²) in [5.74, 6) is 0. The van der Waals surface area contributed by atoms with Crippen molar-refractivity contribution < 1.29 is 13.2 Å². The van der Waals surface area contributed by atoms with Crippen LogP contribution in [0.5, 0.6) is 0 Å². The highest BCUT2D eigenvalue weighted by atomic mass is 19.4. The first kappa shape index (κ1) is 15.5. The summed E-state index contributed by atoms with van der Waals surface area (Å²) in [6.45, 7) is 0.445. The van der Waals surface area contributed by atoms with Crippen LogP contribution in [0.4, 0.5) is 13.2 Å². The third kappa shape index (κ3) is 2.94. The quantitative estimate of drug-likeness (QED) is 0.803. The minimum atomic E-state index is -4.40. The standard InChI is InChI=1S/C15H16F3N5/c1-22-14(11(7-20-22)15(16,17)18)9-19-8-12-10-5-3-4-6-13(10)23(2)21-12/h3-7,19H,8-9H2,1-2H3. The first-order valence-electron chi connectivity index (χ1n) is 7.07. The van der Waals surface area contributed by atoms with Crippen molar-refractivity contribution in [3.05, 3.63) is 47.4 Å². The van der Waals surface area contributed by atoms with Gasteiger partial charge in [0.25, 0.3) is 0 Å². The molecule has 0 aliphatic heterocycles. The van der Waals surface area contributed by atoms with Crippen molar-refractivity contribution in [1.82, 2.24) is 24.9 Å². The molecule has 23 heavy (non-hydrogen) atoms. The Labute approximate surface area is 130 Å². The molecule has 3 rings (SSSR count). The molecule has 0 amide bonds. The van der Waals surface area contributed by atoms with Gasteiger partial charge in [0.15, 0.2) is 0 Å². The normalized spacial score (nSPS) is 12.2. The zero-order valence-electron chi connectivity index (χ0n) is 12.7. The van der Waals surface area contributed by atoms with Crippen molar-refractivity contribution in [2.75, 3.05) is 0 Å². The molecule has 1 aromatic carbocycles. The molecule has 0 unspecified atom stereocenters. The number of rotatable bonds is 4. The fraction of sp³-hybridized carbons (Fsp3) is 0.333. The van der Waals surface area contributed by atoms with Crippen molar-refractivity contribution in [3.8, 4) is 0 Å². The molecule has 0 saturated carbocycles. The number of nitrogens with one attached hydrogen (secondary N) is 1. The second-order valence-corrected chi connectivity index (χ2v) is 5.32. The number of hydrogen-bond acceptors (Lipinski definition) is 3. The largest absolute Gasteiger partial charge is 0.419 e. The summed E-state index contributed by atoms with van der Waals surface area (Å²) < 4.78 is 41.8. The van der Waals surface area contributed by atoms with Crippen molar-refractivity contribution in [2.45, 2.75) is 19.3 Å². The Morgan fingerprint density at radius 2 is 1.83 bits per heavy atom. The van der Waals surface area contributed by atoms with Gasteiger partial charge < -0.3 is 5.32 Å². The van der Waals surface area contributed by atoms with Crippen molar-refractivity contribution >= 4 is 10.9 Å². The van der Waals surface area contributed by atoms with Crippen LogP contribution in [-0.4, -0.2) is 19.6 Å². The predicted octanol–water partition coefficient (Wildman–Crippen LogP) is 2.62. The molecular weight excluding hydrogens is 307 g/mol. The molecule has 1 N–H and O–H groups in total. The maximum Gasteiger partial charge on any atom is 0.419 e. The molecule has 3 aromatic rings. The second-order valence-electron chi connectivity index (χ2n) is 5.32. The summed E-state index contributed by atoms with van der Waals surface area (Å²) >= 11 is 0. The van der Waals surface area contributed by atoms with Gasteiger partial charge in [-0.05, 0) is 6.07 Å².